The Kier molecular flexibility index (Phi) is 1.88. The van der Waals surface area contributed by atoms with Gasteiger partial charge >= 0.3 is 5.97 Å². The molecule has 74 valence electrons. The summed E-state index contributed by atoms with van der Waals surface area (Å²) < 4.78 is 5.35. The summed E-state index contributed by atoms with van der Waals surface area (Å²) in [4.78, 5) is 10.7. The Morgan fingerprint density at radius 1 is 1.38 bits per heavy atom. The Hall–Kier alpha value is -0.570. The molecule has 2 aliphatic rings. The van der Waals surface area contributed by atoms with Crippen LogP contribution in [0.3, 0.4) is 0 Å². The molecular weight excluding hydrogens is 168 g/mol. The number of aliphatic carboxylic acids is 1. The van der Waals surface area contributed by atoms with Crippen LogP contribution in [0.2, 0.25) is 0 Å². The van der Waals surface area contributed by atoms with E-state index in [1.54, 1.807) is 0 Å². The average molecular weight is 184 g/mol. The molecule has 2 rings (SSSR count). The lowest BCUT2D eigenvalue weighted by Gasteiger charge is -2.29. The lowest BCUT2D eigenvalue weighted by molar-refractivity contribution is -0.138. The summed E-state index contributed by atoms with van der Waals surface area (Å²) in [6.07, 6.45) is 2.54. The van der Waals surface area contributed by atoms with Crippen LogP contribution in [0.1, 0.15) is 33.1 Å². The van der Waals surface area contributed by atoms with Crippen molar-refractivity contribution >= 4 is 5.97 Å². The van der Waals surface area contributed by atoms with E-state index in [4.69, 9.17) is 9.84 Å². The highest BCUT2D eigenvalue weighted by Crippen LogP contribution is 2.51. The van der Waals surface area contributed by atoms with Crippen molar-refractivity contribution in [2.45, 2.75) is 44.8 Å². The lowest BCUT2D eigenvalue weighted by atomic mass is 9.75. The summed E-state index contributed by atoms with van der Waals surface area (Å²) in [5.41, 5.74) is -0.289. The molecule has 1 heterocycles. The SMILES string of the molecule is C[C@@H]1C[C@H](C)CC2(C1)O[C@H]2C(=O)O. The molecule has 3 heteroatoms. The summed E-state index contributed by atoms with van der Waals surface area (Å²) >= 11 is 0. The van der Waals surface area contributed by atoms with E-state index in [0.29, 0.717) is 11.8 Å². The molecule has 0 aromatic rings. The molecule has 0 bridgehead atoms. The molecule has 1 saturated heterocycles. The summed E-state index contributed by atoms with van der Waals surface area (Å²) in [7, 11) is 0. The zero-order valence-corrected chi connectivity index (χ0v) is 8.12. The van der Waals surface area contributed by atoms with E-state index in [1.165, 1.54) is 6.42 Å². The second-order valence-corrected chi connectivity index (χ2v) is 4.76. The quantitative estimate of drug-likeness (QED) is 0.630. The van der Waals surface area contributed by atoms with Crippen LogP contribution in [-0.4, -0.2) is 22.8 Å². The molecule has 1 spiro atoms. The normalized spacial score (nSPS) is 49.2. The Balaban J connectivity index is 2.05. The Morgan fingerprint density at radius 3 is 2.31 bits per heavy atom. The molecule has 1 aliphatic carbocycles. The first-order valence-electron chi connectivity index (χ1n) is 4.94. The summed E-state index contributed by atoms with van der Waals surface area (Å²) in [5.74, 6) is 0.419. The van der Waals surface area contributed by atoms with Gasteiger partial charge in [0.25, 0.3) is 0 Å². The van der Waals surface area contributed by atoms with Gasteiger partial charge < -0.3 is 9.84 Å². The second-order valence-electron chi connectivity index (χ2n) is 4.76. The topological polar surface area (TPSA) is 49.8 Å². The first-order valence-corrected chi connectivity index (χ1v) is 4.94. The fourth-order valence-electron chi connectivity index (χ4n) is 2.90. The van der Waals surface area contributed by atoms with E-state index in [-0.39, 0.29) is 5.60 Å². The van der Waals surface area contributed by atoms with Crippen LogP contribution in [0.15, 0.2) is 0 Å². The smallest absolute Gasteiger partial charge is 0.335 e. The first kappa shape index (κ1) is 9.00. The van der Waals surface area contributed by atoms with Gasteiger partial charge in [-0.15, -0.1) is 0 Å². The summed E-state index contributed by atoms with van der Waals surface area (Å²) in [5, 5.41) is 8.82. The van der Waals surface area contributed by atoms with Crippen LogP contribution >= 0.6 is 0 Å². The monoisotopic (exact) mass is 184 g/mol. The molecule has 13 heavy (non-hydrogen) atoms. The molecule has 0 aromatic carbocycles. The number of carbonyl (C=O) groups is 1. The molecule has 1 N–H and O–H groups in total. The van der Waals surface area contributed by atoms with Gasteiger partial charge in [0.1, 0.15) is 5.60 Å². The van der Waals surface area contributed by atoms with E-state index in [2.05, 4.69) is 13.8 Å². The van der Waals surface area contributed by atoms with Crippen molar-refractivity contribution in [3.63, 3.8) is 0 Å². The second kappa shape index (κ2) is 2.71. The Labute approximate surface area is 78.1 Å². The number of carboxylic acids is 1. The van der Waals surface area contributed by atoms with E-state index in [0.717, 1.165) is 12.8 Å². The minimum absolute atomic E-state index is 0.289. The number of rotatable bonds is 1. The van der Waals surface area contributed by atoms with Gasteiger partial charge in [-0.25, -0.2) is 4.79 Å². The number of epoxide rings is 1. The first-order chi connectivity index (χ1) is 6.03. The highest BCUT2D eigenvalue weighted by atomic mass is 16.6. The fraction of sp³-hybridized carbons (Fsp3) is 0.900. The van der Waals surface area contributed by atoms with Crippen LogP contribution in [-0.2, 0) is 9.53 Å². The molecule has 1 unspecified atom stereocenters. The Bertz CT molecular complexity index is 226. The van der Waals surface area contributed by atoms with Gasteiger partial charge in [0, 0.05) is 0 Å². The standard InChI is InChI=1S/C10H16O3/c1-6-3-7(2)5-10(4-6)8(13-10)9(11)12/h6-8H,3-5H2,1-2H3,(H,11,12)/t6-,7+,8-,10?/m0/s1. The number of hydrogen-bond donors (Lipinski definition) is 1. The van der Waals surface area contributed by atoms with Gasteiger partial charge in [0.15, 0.2) is 6.10 Å². The number of ether oxygens (including phenoxy) is 1. The molecule has 0 amide bonds. The Morgan fingerprint density at radius 2 is 1.92 bits per heavy atom. The minimum Gasteiger partial charge on any atom is -0.479 e. The third-order valence-corrected chi connectivity index (χ3v) is 3.19. The maximum atomic E-state index is 10.7. The summed E-state index contributed by atoms with van der Waals surface area (Å²) in [6, 6.07) is 0. The molecule has 2 fully saturated rings. The highest BCUT2D eigenvalue weighted by Gasteiger charge is 2.62. The van der Waals surface area contributed by atoms with E-state index >= 15 is 0 Å². The van der Waals surface area contributed by atoms with Crippen LogP contribution in [0.5, 0.6) is 0 Å². The van der Waals surface area contributed by atoms with Gasteiger partial charge in [-0.2, -0.15) is 0 Å². The zero-order valence-electron chi connectivity index (χ0n) is 8.12. The van der Waals surface area contributed by atoms with Gasteiger partial charge in [-0.05, 0) is 31.1 Å². The van der Waals surface area contributed by atoms with Crippen molar-refractivity contribution in [3.8, 4) is 0 Å². The minimum atomic E-state index is -0.790. The molecule has 1 saturated carbocycles. The van der Waals surface area contributed by atoms with Crippen LogP contribution in [0, 0.1) is 11.8 Å². The molecule has 1 aliphatic heterocycles. The maximum absolute atomic E-state index is 10.7. The van der Waals surface area contributed by atoms with Crippen molar-refractivity contribution in [2.75, 3.05) is 0 Å². The van der Waals surface area contributed by atoms with Crippen molar-refractivity contribution < 1.29 is 14.6 Å². The third kappa shape index (κ3) is 1.46. The number of hydrogen-bond acceptors (Lipinski definition) is 2. The largest absolute Gasteiger partial charge is 0.479 e. The highest BCUT2D eigenvalue weighted by molar-refractivity contribution is 5.77. The summed E-state index contributed by atoms with van der Waals surface area (Å²) in [6.45, 7) is 4.36. The van der Waals surface area contributed by atoms with E-state index in [9.17, 15) is 4.79 Å². The predicted octanol–water partition coefficient (Wildman–Crippen LogP) is 1.66. The van der Waals surface area contributed by atoms with Crippen LogP contribution in [0.4, 0.5) is 0 Å². The van der Waals surface area contributed by atoms with Gasteiger partial charge in [0.2, 0.25) is 0 Å². The van der Waals surface area contributed by atoms with E-state index in [1.807, 2.05) is 0 Å². The maximum Gasteiger partial charge on any atom is 0.335 e. The van der Waals surface area contributed by atoms with Gasteiger partial charge in [-0.3, -0.25) is 0 Å². The van der Waals surface area contributed by atoms with E-state index < -0.39 is 12.1 Å². The van der Waals surface area contributed by atoms with Crippen LogP contribution < -0.4 is 0 Å². The lowest BCUT2D eigenvalue weighted by Crippen LogP contribution is -2.31. The zero-order chi connectivity index (χ0) is 9.64. The van der Waals surface area contributed by atoms with Crippen molar-refractivity contribution in [3.05, 3.63) is 0 Å². The third-order valence-electron chi connectivity index (χ3n) is 3.19. The van der Waals surface area contributed by atoms with Crippen molar-refractivity contribution in [1.29, 1.82) is 0 Å². The van der Waals surface area contributed by atoms with Gasteiger partial charge in [-0.1, -0.05) is 13.8 Å². The number of carboxylic acid groups (broad SMARTS) is 1. The molecule has 0 aromatic heterocycles. The molecule has 3 nitrogen and oxygen atoms in total. The fourth-order valence-corrected chi connectivity index (χ4v) is 2.90. The molecule has 4 atom stereocenters. The molecular formula is C10H16O3. The predicted molar refractivity (Wildman–Crippen MR) is 47.4 cm³/mol. The van der Waals surface area contributed by atoms with Crippen molar-refractivity contribution in [2.24, 2.45) is 11.8 Å². The average Bonchev–Trinajstić information content (AvgIpc) is 2.60. The van der Waals surface area contributed by atoms with Crippen molar-refractivity contribution in [1.82, 2.24) is 0 Å². The molecule has 0 radical (unpaired) electrons. The van der Waals surface area contributed by atoms with Crippen LogP contribution in [0.25, 0.3) is 0 Å². The van der Waals surface area contributed by atoms with Gasteiger partial charge in [0.05, 0.1) is 0 Å².